The summed E-state index contributed by atoms with van der Waals surface area (Å²) in [6.45, 7) is 6.11. The zero-order valence-electron chi connectivity index (χ0n) is 20.4. The summed E-state index contributed by atoms with van der Waals surface area (Å²) in [6.07, 6.45) is -1.24. The first-order valence-corrected chi connectivity index (χ1v) is 11.1. The zero-order valence-corrected chi connectivity index (χ0v) is 20.4. The highest BCUT2D eigenvalue weighted by Crippen LogP contribution is 2.22. The number of amides is 3. The standard InChI is InChI=1S/C23H30F3N5O5/c1-5-8-36-21(35)31-7-6-30(13-17(31)19(33)29-14-23(24,25)26)22(3,4)20(34)28-12-18(32)16-9-15(2)10-27-11-16/h5,9-11,17H,1,6-8,12-14H2,2-4H3,(H,28,34)(H,29,33). The summed E-state index contributed by atoms with van der Waals surface area (Å²) in [7, 11) is 0. The number of aryl methyl sites for hydroxylation is 1. The molecule has 1 aliphatic heterocycles. The fourth-order valence-electron chi connectivity index (χ4n) is 3.58. The Morgan fingerprint density at radius 3 is 2.50 bits per heavy atom. The summed E-state index contributed by atoms with van der Waals surface area (Å²) in [5.74, 6) is -1.92. The predicted octanol–water partition coefficient (Wildman–Crippen LogP) is 1.45. The van der Waals surface area contributed by atoms with Crippen LogP contribution in [0.15, 0.2) is 31.1 Å². The number of nitrogens with zero attached hydrogens (tertiary/aromatic N) is 3. The van der Waals surface area contributed by atoms with Gasteiger partial charge in [0.25, 0.3) is 0 Å². The summed E-state index contributed by atoms with van der Waals surface area (Å²) in [4.78, 5) is 57.0. The van der Waals surface area contributed by atoms with Crippen molar-refractivity contribution < 1.29 is 37.1 Å². The Morgan fingerprint density at radius 2 is 1.89 bits per heavy atom. The average Bonchev–Trinajstić information content (AvgIpc) is 2.83. The van der Waals surface area contributed by atoms with Gasteiger partial charge < -0.3 is 15.4 Å². The van der Waals surface area contributed by atoms with E-state index in [-0.39, 0.29) is 38.6 Å². The second-order valence-electron chi connectivity index (χ2n) is 8.77. The van der Waals surface area contributed by atoms with Gasteiger partial charge in [-0.15, -0.1) is 0 Å². The van der Waals surface area contributed by atoms with Crippen LogP contribution in [0.1, 0.15) is 29.8 Å². The minimum absolute atomic E-state index is 0.0787. The molecule has 10 nitrogen and oxygen atoms in total. The first-order valence-electron chi connectivity index (χ1n) is 11.1. The minimum Gasteiger partial charge on any atom is -0.445 e. The molecule has 2 heterocycles. The van der Waals surface area contributed by atoms with Gasteiger partial charge in [-0.3, -0.25) is 29.2 Å². The average molecular weight is 514 g/mol. The van der Waals surface area contributed by atoms with Crippen LogP contribution in [0, 0.1) is 6.92 Å². The van der Waals surface area contributed by atoms with E-state index in [2.05, 4.69) is 16.9 Å². The van der Waals surface area contributed by atoms with Gasteiger partial charge in [0.1, 0.15) is 19.2 Å². The first kappa shape index (κ1) is 28.8. The maximum Gasteiger partial charge on any atom is 0.410 e. The second-order valence-corrected chi connectivity index (χ2v) is 8.77. The van der Waals surface area contributed by atoms with Crippen LogP contribution in [0.4, 0.5) is 18.0 Å². The highest BCUT2D eigenvalue weighted by atomic mass is 19.4. The Morgan fingerprint density at radius 1 is 1.19 bits per heavy atom. The summed E-state index contributed by atoms with van der Waals surface area (Å²) in [6, 6.07) is 0.298. The van der Waals surface area contributed by atoms with Crippen LogP contribution in [0.25, 0.3) is 0 Å². The van der Waals surface area contributed by atoms with E-state index < -0.39 is 42.2 Å². The molecule has 2 rings (SSSR count). The van der Waals surface area contributed by atoms with Crippen molar-refractivity contribution in [2.45, 2.75) is 38.5 Å². The van der Waals surface area contributed by atoms with E-state index in [0.29, 0.717) is 5.56 Å². The number of nitrogens with one attached hydrogen (secondary N) is 2. The Balaban J connectivity index is 2.12. The molecule has 198 valence electrons. The number of rotatable bonds is 9. The number of Topliss-reactive ketones (excluding diaryl/α,β-unsaturated/α-hetero) is 1. The molecular formula is C23H30F3N5O5. The van der Waals surface area contributed by atoms with Crippen LogP contribution in [-0.2, 0) is 14.3 Å². The van der Waals surface area contributed by atoms with Crippen molar-refractivity contribution in [3.8, 4) is 0 Å². The van der Waals surface area contributed by atoms with Crippen molar-refractivity contribution in [2.75, 3.05) is 39.3 Å². The van der Waals surface area contributed by atoms with E-state index >= 15 is 0 Å². The van der Waals surface area contributed by atoms with Crippen LogP contribution in [0.5, 0.6) is 0 Å². The Labute approximate surface area is 206 Å². The zero-order chi connectivity index (χ0) is 27.1. The van der Waals surface area contributed by atoms with Crippen LogP contribution in [0.2, 0.25) is 0 Å². The normalized spacial score (nSPS) is 16.7. The van der Waals surface area contributed by atoms with Crippen LogP contribution >= 0.6 is 0 Å². The van der Waals surface area contributed by atoms with Gasteiger partial charge in [-0.1, -0.05) is 12.7 Å². The molecule has 1 aromatic rings. The van der Waals surface area contributed by atoms with E-state index in [1.165, 1.54) is 12.3 Å². The molecule has 1 saturated heterocycles. The number of carbonyl (C=O) groups excluding carboxylic acids is 4. The summed E-state index contributed by atoms with van der Waals surface area (Å²) in [5, 5.41) is 4.35. The van der Waals surface area contributed by atoms with E-state index in [1.807, 2.05) is 0 Å². The minimum atomic E-state index is -4.64. The number of pyridine rings is 1. The highest BCUT2D eigenvalue weighted by molar-refractivity contribution is 6.00. The number of hydrogen-bond acceptors (Lipinski definition) is 7. The Hall–Kier alpha value is -3.48. The third-order valence-corrected chi connectivity index (χ3v) is 5.66. The van der Waals surface area contributed by atoms with Crippen molar-refractivity contribution in [3.05, 3.63) is 42.2 Å². The third-order valence-electron chi connectivity index (χ3n) is 5.66. The van der Waals surface area contributed by atoms with Gasteiger partial charge in [0.2, 0.25) is 11.8 Å². The monoisotopic (exact) mass is 513 g/mol. The number of piperazine rings is 1. The van der Waals surface area contributed by atoms with E-state index in [4.69, 9.17) is 4.74 Å². The number of alkyl halides is 3. The lowest BCUT2D eigenvalue weighted by atomic mass is 9.97. The fourth-order valence-corrected chi connectivity index (χ4v) is 3.58. The molecule has 1 aromatic heterocycles. The molecule has 0 aromatic carbocycles. The number of aromatic nitrogens is 1. The molecule has 36 heavy (non-hydrogen) atoms. The smallest absolute Gasteiger partial charge is 0.410 e. The van der Waals surface area contributed by atoms with E-state index in [0.717, 1.165) is 10.5 Å². The number of hydrogen-bond donors (Lipinski definition) is 2. The van der Waals surface area contributed by atoms with Crippen molar-refractivity contribution in [2.24, 2.45) is 0 Å². The lowest BCUT2D eigenvalue weighted by molar-refractivity contribution is -0.145. The number of halogens is 3. The van der Waals surface area contributed by atoms with Crippen LogP contribution < -0.4 is 10.6 Å². The summed E-state index contributed by atoms with van der Waals surface area (Å²) < 4.78 is 42.9. The molecule has 0 saturated carbocycles. The summed E-state index contributed by atoms with van der Waals surface area (Å²) >= 11 is 0. The number of carbonyl (C=O) groups is 4. The SMILES string of the molecule is C=CCOC(=O)N1CCN(C(C)(C)C(=O)NCC(=O)c2cncc(C)c2)CC1C(=O)NCC(F)(F)F. The Kier molecular flexibility index (Phi) is 9.56. The van der Waals surface area contributed by atoms with Gasteiger partial charge >= 0.3 is 12.3 Å². The molecule has 1 aliphatic rings. The summed E-state index contributed by atoms with van der Waals surface area (Å²) in [5.41, 5.74) is -0.141. The predicted molar refractivity (Wildman–Crippen MR) is 123 cm³/mol. The van der Waals surface area contributed by atoms with Gasteiger partial charge in [-0.2, -0.15) is 13.2 Å². The maximum absolute atomic E-state index is 13.0. The topological polar surface area (TPSA) is 121 Å². The molecule has 0 bridgehead atoms. The largest absolute Gasteiger partial charge is 0.445 e. The van der Waals surface area contributed by atoms with Gasteiger partial charge in [0.05, 0.1) is 12.1 Å². The fraction of sp³-hybridized carbons (Fsp3) is 0.522. The van der Waals surface area contributed by atoms with Gasteiger partial charge in [-0.25, -0.2) is 4.79 Å². The van der Waals surface area contributed by atoms with Crippen molar-refractivity contribution in [1.29, 1.82) is 0 Å². The lowest BCUT2D eigenvalue weighted by Gasteiger charge is -2.45. The van der Waals surface area contributed by atoms with Crippen molar-refractivity contribution in [3.63, 3.8) is 0 Å². The molecule has 1 atom stereocenters. The second kappa shape index (κ2) is 12.0. The molecule has 2 N–H and O–H groups in total. The van der Waals surface area contributed by atoms with Gasteiger partial charge in [-0.05, 0) is 32.4 Å². The first-order chi connectivity index (χ1) is 16.8. The van der Waals surface area contributed by atoms with Crippen molar-refractivity contribution in [1.82, 2.24) is 25.4 Å². The Bertz CT molecular complexity index is 999. The maximum atomic E-state index is 13.0. The molecule has 0 radical (unpaired) electrons. The highest BCUT2D eigenvalue weighted by Gasteiger charge is 2.44. The lowest BCUT2D eigenvalue weighted by Crippen LogP contribution is -2.67. The number of ketones is 1. The van der Waals surface area contributed by atoms with Gasteiger partial charge in [0, 0.05) is 37.6 Å². The van der Waals surface area contributed by atoms with E-state index in [1.54, 1.807) is 43.3 Å². The molecule has 1 unspecified atom stereocenters. The van der Waals surface area contributed by atoms with Crippen LogP contribution in [-0.4, -0.2) is 95.6 Å². The molecule has 13 heteroatoms. The quantitative estimate of drug-likeness (QED) is 0.379. The molecule has 1 fully saturated rings. The molecule has 0 aliphatic carbocycles. The molecule has 0 spiro atoms. The number of ether oxygens (including phenoxy) is 1. The molecular weight excluding hydrogens is 483 g/mol. The van der Waals surface area contributed by atoms with Crippen LogP contribution in [0.3, 0.4) is 0 Å². The van der Waals surface area contributed by atoms with E-state index in [9.17, 15) is 32.3 Å². The molecule has 3 amide bonds. The van der Waals surface area contributed by atoms with Crippen molar-refractivity contribution >= 4 is 23.7 Å². The third kappa shape index (κ3) is 7.77. The van der Waals surface area contributed by atoms with Gasteiger partial charge in [0.15, 0.2) is 5.78 Å².